The Morgan fingerprint density at radius 3 is 2.63 bits per heavy atom. The number of aryl methyl sites for hydroxylation is 2. The van der Waals surface area contributed by atoms with Gasteiger partial charge < -0.3 is 25.7 Å². The quantitative estimate of drug-likeness (QED) is 0.275. The number of nitrogens with zero attached hydrogens (tertiary/aromatic N) is 6. The Morgan fingerprint density at radius 2 is 1.98 bits per heavy atom. The molecule has 0 unspecified atom stereocenters. The van der Waals surface area contributed by atoms with Gasteiger partial charge in [0.15, 0.2) is 0 Å². The molecule has 4 heterocycles. The van der Waals surface area contributed by atoms with Crippen molar-refractivity contribution in [2.45, 2.75) is 31.3 Å². The van der Waals surface area contributed by atoms with Crippen molar-refractivity contribution in [2.75, 3.05) is 25.6 Å². The van der Waals surface area contributed by atoms with Gasteiger partial charge >= 0.3 is 11.8 Å². The molecule has 4 aromatic heterocycles. The number of nitrogens with one attached hydrogen (secondary N) is 2. The van der Waals surface area contributed by atoms with E-state index < -0.39 is 12.0 Å². The second-order valence-corrected chi connectivity index (χ2v) is 10.8. The van der Waals surface area contributed by atoms with Gasteiger partial charge in [-0.25, -0.2) is 14.6 Å². The van der Waals surface area contributed by atoms with Crippen molar-refractivity contribution in [1.82, 2.24) is 34.2 Å². The highest BCUT2D eigenvalue weighted by atomic mass is 19.1. The Morgan fingerprint density at radius 1 is 1.23 bits per heavy atom. The summed E-state index contributed by atoms with van der Waals surface area (Å²) in [7, 11) is 6.29. The van der Waals surface area contributed by atoms with Gasteiger partial charge in [-0.15, -0.1) is 5.10 Å². The Labute approximate surface area is 245 Å². The molecule has 2 amide bonds. The molecule has 0 bridgehead atoms. The lowest BCUT2D eigenvalue weighted by Crippen LogP contribution is -2.33. The zero-order chi connectivity index (χ0) is 30.6. The van der Waals surface area contributed by atoms with E-state index in [9.17, 15) is 14.4 Å². The standard InChI is InChI=1S/C29H32FN9O4/c1-36-14-19(26(30)35-36)24-22(15-5-8-17(9-6-15)37(2)21(40)12-31)23-25-20(13-32-27(23)34-24)38(3)29(42)39(25)18-10-7-16(11-18)33-28(41)43-4/h5-6,8-9,13-14,16,18H,7,10-12,31H2,1-4H3,(H,32,34)(H,33,41)/t16-,18-/m1/s1. The second kappa shape index (κ2) is 10.7. The number of ether oxygens (including phenoxy) is 1. The number of carbonyl (C=O) groups is 2. The van der Waals surface area contributed by atoms with E-state index in [4.69, 9.17) is 10.5 Å². The number of aromatic nitrogens is 6. The lowest BCUT2D eigenvalue weighted by atomic mass is 9.99. The van der Waals surface area contributed by atoms with E-state index in [1.165, 1.54) is 16.7 Å². The average Bonchev–Trinajstić information content (AvgIpc) is 3.76. The van der Waals surface area contributed by atoms with Gasteiger partial charge in [0.05, 0.1) is 47.5 Å². The van der Waals surface area contributed by atoms with E-state index in [0.717, 1.165) is 5.56 Å². The zero-order valence-electron chi connectivity index (χ0n) is 24.2. The first-order chi connectivity index (χ1) is 20.6. The molecule has 6 rings (SSSR count). The predicted molar refractivity (Wildman–Crippen MR) is 159 cm³/mol. The molecule has 13 nitrogen and oxygen atoms in total. The average molecular weight is 590 g/mol. The molecule has 2 atom stereocenters. The normalized spacial score (nSPS) is 16.7. The number of alkyl carbamates (subject to hydrolysis) is 1. The third-order valence-corrected chi connectivity index (χ3v) is 8.29. The molecule has 4 N–H and O–H groups in total. The molecule has 1 aliphatic carbocycles. The molecular weight excluding hydrogens is 557 g/mol. The SMILES string of the molecule is COC(=O)N[C@@H]1CC[C@@H](n2c(=O)n(C)c3cnc4[nH]c(-c5cn(C)nc5F)c(-c5ccc(N(C)C(=O)CN)cc5)c4c32)C1. The molecule has 1 aliphatic rings. The number of hydrogen-bond acceptors (Lipinski definition) is 7. The van der Waals surface area contributed by atoms with Crippen LogP contribution in [0.3, 0.4) is 0 Å². The number of aromatic amines is 1. The van der Waals surface area contributed by atoms with Gasteiger partial charge in [-0.3, -0.25) is 18.6 Å². The number of H-pyrrole nitrogens is 1. The summed E-state index contributed by atoms with van der Waals surface area (Å²) in [6.45, 7) is -0.127. The number of carbonyl (C=O) groups excluding carboxylic acids is 2. The largest absolute Gasteiger partial charge is 0.453 e. The fourth-order valence-electron chi connectivity index (χ4n) is 6.12. The fraction of sp³-hybridized carbons (Fsp3) is 0.345. The second-order valence-electron chi connectivity index (χ2n) is 10.8. The number of imidazole rings is 1. The molecule has 14 heteroatoms. The summed E-state index contributed by atoms with van der Waals surface area (Å²) in [6, 6.07) is 6.90. The number of hydrogen-bond donors (Lipinski definition) is 3. The molecule has 1 aromatic carbocycles. The molecule has 5 aromatic rings. The number of nitrogens with two attached hydrogens (primary N) is 1. The lowest BCUT2D eigenvalue weighted by molar-refractivity contribution is -0.117. The van der Waals surface area contributed by atoms with Gasteiger partial charge in [0.2, 0.25) is 11.9 Å². The maximum atomic E-state index is 15.2. The summed E-state index contributed by atoms with van der Waals surface area (Å²) < 4.78 is 24.7. The number of pyridine rings is 1. The Kier molecular flexibility index (Phi) is 7.00. The van der Waals surface area contributed by atoms with Crippen molar-refractivity contribution >= 4 is 39.8 Å². The van der Waals surface area contributed by atoms with Crippen LogP contribution in [0.25, 0.3) is 44.5 Å². The van der Waals surface area contributed by atoms with Crippen molar-refractivity contribution in [3.8, 4) is 22.4 Å². The zero-order valence-corrected chi connectivity index (χ0v) is 24.2. The lowest BCUT2D eigenvalue weighted by Gasteiger charge is -2.17. The van der Waals surface area contributed by atoms with Crippen molar-refractivity contribution in [3.05, 3.63) is 53.1 Å². The number of halogens is 1. The summed E-state index contributed by atoms with van der Waals surface area (Å²) in [5, 5.41) is 7.41. The van der Waals surface area contributed by atoms with E-state index in [-0.39, 0.29) is 35.8 Å². The molecule has 0 spiro atoms. The highest BCUT2D eigenvalue weighted by molar-refractivity contribution is 6.14. The Hall–Kier alpha value is -4.98. The Bertz CT molecular complexity index is 1940. The first kappa shape index (κ1) is 28.2. The molecule has 0 radical (unpaired) electrons. The van der Waals surface area contributed by atoms with Gasteiger partial charge in [-0.2, -0.15) is 4.39 Å². The van der Waals surface area contributed by atoms with Crippen molar-refractivity contribution in [3.63, 3.8) is 0 Å². The maximum absolute atomic E-state index is 15.2. The summed E-state index contributed by atoms with van der Waals surface area (Å²) >= 11 is 0. The molecular formula is C29H32FN9O4. The summed E-state index contributed by atoms with van der Waals surface area (Å²) in [5.41, 5.74) is 9.78. The third kappa shape index (κ3) is 4.63. The van der Waals surface area contributed by atoms with Crippen molar-refractivity contribution < 1.29 is 18.7 Å². The first-order valence-electron chi connectivity index (χ1n) is 13.9. The molecule has 43 heavy (non-hydrogen) atoms. The smallest absolute Gasteiger partial charge is 0.407 e. The molecule has 0 saturated heterocycles. The topological polar surface area (TPSA) is 158 Å². The van der Waals surface area contributed by atoms with Crippen LogP contribution in [0.1, 0.15) is 25.3 Å². The van der Waals surface area contributed by atoms with E-state index in [0.29, 0.717) is 58.3 Å². The van der Waals surface area contributed by atoms with E-state index in [2.05, 4.69) is 20.4 Å². The van der Waals surface area contributed by atoms with Gasteiger partial charge in [-0.05, 0) is 37.0 Å². The number of anilines is 1. The fourth-order valence-corrected chi connectivity index (χ4v) is 6.12. The Balaban J connectivity index is 1.60. The summed E-state index contributed by atoms with van der Waals surface area (Å²) in [4.78, 5) is 47.2. The van der Waals surface area contributed by atoms with Gasteiger partial charge in [0, 0.05) is 50.7 Å². The minimum atomic E-state index is -0.658. The number of rotatable bonds is 6. The minimum absolute atomic E-state index is 0.127. The van der Waals surface area contributed by atoms with Crippen LogP contribution in [0, 0.1) is 5.95 Å². The molecule has 224 valence electrons. The molecule has 0 aliphatic heterocycles. The van der Waals surface area contributed by atoms with Crippen molar-refractivity contribution in [2.24, 2.45) is 19.8 Å². The summed E-state index contributed by atoms with van der Waals surface area (Å²) in [6.07, 6.45) is 4.59. The highest BCUT2D eigenvalue weighted by Crippen LogP contribution is 2.43. The van der Waals surface area contributed by atoms with Crippen LogP contribution >= 0.6 is 0 Å². The van der Waals surface area contributed by atoms with Crippen molar-refractivity contribution in [1.29, 1.82) is 0 Å². The van der Waals surface area contributed by atoms with Crippen LogP contribution in [0.5, 0.6) is 0 Å². The predicted octanol–water partition coefficient (Wildman–Crippen LogP) is 2.79. The number of likely N-dealkylation sites (N-methyl/N-ethyl adjacent to an activating group) is 1. The van der Waals surface area contributed by atoms with E-state index in [1.807, 2.05) is 12.1 Å². The van der Waals surface area contributed by atoms with Crippen LogP contribution in [0.15, 0.2) is 41.5 Å². The van der Waals surface area contributed by atoms with E-state index in [1.54, 1.807) is 54.8 Å². The third-order valence-electron chi connectivity index (χ3n) is 8.29. The number of fused-ring (bicyclic) bond motifs is 3. The van der Waals surface area contributed by atoms with Gasteiger partial charge in [0.1, 0.15) is 5.65 Å². The monoisotopic (exact) mass is 589 g/mol. The van der Waals surface area contributed by atoms with Crippen LogP contribution in [0.4, 0.5) is 14.9 Å². The van der Waals surface area contributed by atoms with Crippen LogP contribution in [-0.4, -0.2) is 67.6 Å². The van der Waals surface area contributed by atoms with Gasteiger partial charge in [0.25, 0.3) is 0 Å². The van der Waals surface area contributed by atoms with Gasteiger partial charge in [-0.1, -0.05) is 12.1 Å². The number of amides is 2. The van der Waals surface area contributed by atoms with Crippen LogP contribution in [0.2, 0.25) is 0 Å². The maximum Gasteiger partial charge on any atom is 0.407 e. The highest BCUT2D eigenvalue weighted by Gasteiger charge is 2.32. The van der Waals surface area contributed by atoms with E-state index >= 15 is 4.39 Å². The first-order valence-corrected chi connectivity index (χ1v) is 13.9. The van der Waals surface area contributed by atoms with Crippen LogP contribution < -0.4 is 21.6 Å². The number of methoxy groups -OCH3 is 1. The number of benzene rings is 1. The summed E-state index contributed by atoms with van der Waals surface area (Å²) in [5.74, 6) is -0.900. The molecule has 1 fully saturated rings. The molecule has 1 saturated carbocycles. The van der Waals surface area contributed by atoms with Crippen LogP contribution in [-0.2, 0) is 23.6 Å². The minimum Gasteiger partial charge on any atom is -0.453 e.